The molecular formula is C12H3Br4N3O4. The standard InChI is InChI=1S/C12H3Br4N3O4/c13-5-3-4(6(14)8(16)7(5)15)11(22)19(10(3)21)2-1-17-12(23)18-9(2)20/h1H,(H2,17,18,20,23). The van der Waals surface area contributed by atoms with Crippen LogP contribution in [0.1, 0.15) is 20.7 Å². The molecule has 1 aliphatic heterocycles. The maximum absolute atomic E-state index is 12.7. The Kier molecular flexibility index (Phi) is 4.23. The molecule has 1 aromatic heterocycles. The third kappa shape index (κ3) is 2.41. The number of aromatic amines is 2. The summed E-state index contributed by atoms with van der Waals surface area (Å²) in [6.07, 6.45) is 1.02. The molecule has 23 heavy (non-hydrogen) atoms. The van der Waals surface area contributed by atoms with Crippen LogP contribution >= 0.6 is 63.7 Å². The summed E-state index contributed by atoms with van der Waals surface area (Å²) in [6, 6.07) is 0. The minimum absolute atomic E-state index is 0.113. The van der Waals surface area contributed by atoms with Crippen molar-refractivity contribution < 1.29 is 9.59 Å². The number of hydrogen-bond acceptors (Lipinski definition) is 4. The Morgan fingerprint density at radius 3 is 1.70 bits per heavy atom. The third-order valence-electron chi connectivity index (χ3n) is 3.14. The highest BCUT2D eigenvalue weighted by atomic mass is 79.9. The van der Waals surface area contributed by atoms with Crippen molar-refractivity contribution in [2.75, 3.05) is 4.90 Å². The average molecular weight is 573 g/mol. The molecule has 11 heteroatoms. The Balaban J connectivity index is 2.31. The van der Waals surface area contributed by atoms with Gasteiger partial charge in [-0.3, -0.25) is 19.4 Å². The van der Waals surface area contributed by atoms with Crippen molar-refractivity contribution in [3.8, 4) is 0 Å². The molecule has 2 heterocycles. The fourth-order valence-corrected chi connectivity index (χ4v) is 4.59. The van der Waals surface area contributed by atoms with E-state index in [1.807, 2.05) is 4.98 Å². The van der Waals surface area contributed by atoms with Crippen LogP contribution in [0.2, 0.25) is 0 Å². The molecule has 0 unspecified atom stereocenters. The van der Waals surface area contributed by atoms with Gasteiger partial charge in [-0.1, -0.05) is 0 Å². The number of anilines is 1. The lowest BCUT2D eigenvalue weighted by Gasteiger charge is -2.11. The van der Waals surface area contributed by atoms with Gasteiger partial charge in [0.1, 0.15) is 5.69 Å². The van der Waals surface area contributed by atoms with Gasteiger partial charge in [-0.2, -0.15) is 0 Å². The summed E-state index contributed by atoms with van der Waals surface area (Å²) in [6.45, 7) is 0. The van der Waals surface area contributed by atoms with Crippen molar-refractivity contribution in [2.24, 2.45) is 0 Å². The summed E-state index contributed by atoms with van der Waals surface area (Å²) in [4.78, 5) is 53.3. The number of amides is 2. The van der Waals surface area contributed by atoms with Crippen molar-refractivity contribution in [3.05, 3.63) is 56.1 Å². The van der Waals surface area contributed by atoms with Crippen LogP contribution in [0.4, 0.5) is 5.69 Å². The molecule has 0 bridgehead atoms. The van der Waals surface area contributed by atoms with Crippen molar-refractivity contribution in [1.29, 1.82) is 0 Å². The number of nitrogens with one attached hydrogen (secondary N) is 2. The third-order valence-corrected chi connectivity index (χ3v) is 7.91. The van der Waals surface area contributed by atoms with Gasteiger partial charge in [0, 0.05) is 24.1 Å². The molecule has 0 radical (unpaired) electrons. The van der Waals surface area contributed by atoms with Crippen molar-refractivity contribution in [2.45, 2.75) is 0 Å². The number of hydrogen-bond donors (Lipinski definition) is 2. The summed E-state index contributed by atoms with van der Waals surface area (Å²) >= 11 is 13.2. The fourth-order valence-electron chi connectivity index (χ4n) is 2.14. The van der Waals surface area contributed by atoms with E-state index in [2.05, 4.69) is 68.7 Å². The molecular weight excluding hydrogens is 570 g/mol. The number of nitrogens with zero attached hydrogens (tertiary/aromatic N) is 1. The van der Waals surface area contributed by atoms with Crippen LogP contribution in [0.25, 0.3) is 0 Å². The first-order valence-corrected chi connectivity index (χ1v) is 8.99. The van der Waals surface area contributed by atoms with Crippen LogP contribution < -0.4 is 16.1 Å². The molecule has 0 atom stereocenters. The fraction of sp³-hybridized carbons (Fsp3) is 0. The second-order valence-electron chi connectivity index (χ2n) is 4.41. The first kappa shape index (κ1) is 16.8. The van der Waals surface area contributed by atoms with Crippen LogP contribution in [0.5, 0.6) is 0 Å². The molecule has 0 saturated heterocycles. The number of aromatic nitrogens is 2. The van der Waals surface area contributed by atoms with E-state index in [-0.39, 0.29) is 16.8 Å². The van der Waals surface area contributed by atoms with Crippen molar-refractivity contribution in [1.82, 2.24) is 9.97 Å². The smallest absolute Gasteiger partial charge is 0.312 e. The van der Waals surface area contributed by atoms with Gasteiger partial charge < -0.3 is 4.98 Å². The van der Waals surface area contributed by atoms with E-state index in [1.165, 1.54) is 0 Å². The molecule has 2 N–H and O–H groups in total. The Hall–Kier alpha value is -1.04. The summed E-state index contributed by atoms with van der Waals surface area (Å²) in [5, 5.41) is 0. The number of halogens is 4. The molecule has 0 saturated carbocycles. The van der Waals surface area contributed by atoms with E-state index in [1.54, 1.807) is 0 Å². The highest BCUT2D eigenvalue weighted by Crippen LogP contribution is 2.45. The number of rotatable bonds is 1. The molecule has 2 amide bonds. The van der Waals surface area contributed by atoms with Gasteiger partial charge in [-0.15, -0.1) is 0 Å². The van der Waals surface area contributed by atoms with Crippen LogP contribution in [0.3, 0.4) is 0 Å². The van der Waals surface area contributed by atoms with Crippen LogP contribution in [0, 0.1) is 0 Å². The van der Waals surface area contributed by atoms with E-state index < -0.39 is 23.1 Å². The van der Waals surface area contributed by atoms with Gasteiger partial charge in [-0.05, 0) is 63.7 Å². The second-order valence-corrected chi connectivity index (χ2v) is 7.58. The minimum atomic E-state index is -0.839. The van der Waals surface area contributed by atoms with Gasteiger partial charge in [0.25, 0.3) is 17.4 Å². The monoisotopic (exact) mass is 569 g/mol. The lowest BCUT2D eigenvalue weighted by molar-refractivity contribution is 0.0925. The number of imide groups is 1. The molecule has 118 valence electrons. The van der Waals surface area contributed by atoms with Crippen molar-refractivity contribution in [3.63, 3.8) is 0 Å². The van der Waals surface area contributed by atoms with Crippen molar-refractivity contribution >= 4 is 81.2 Å². The Morgan fingerprint density at radius 2 is 1.26 bits per heavy atom. The highest BCUT2D eigenvalue weighted by Gasteiger charge is 2.42. The zero-order valence-electron chi connectivity index (χ0n) is 10.7. The lowest BCUT2D eigenvalue weighted by atomic mass is 10.1. The maximum atomic E-state index is 12.7. The normalized spacial score (nSPS) is 13.7. The predicted molar refractivity (Wildman–Crippen MR) is 96.1 cm³/mol. The number of fused-ring (bicyclic) bond motifs is 1. The maximum Gasteiger partial charge on any atom is 0.325 e. The Bertz CT molecular complexity index is 964. The minimum Gasteiger partial charge on any atom is -0.312 e. The number of carbonyl (C=O) groups excluding carboxylic acids is 2. The zero-order valence-corrected chi connectivity index (χ0v) is 17.0. The van der Waals surface area contributed by atoms with Crippen LogP contribution in [-0.4, -0.2) is 21.8 Å². The molecule has 7 nitrogen and oxygen atoms in total. The van der Waals surface area contributed by atoms with Gasteiger partial charge in [0.05, 0.1) is 11.1 Å². The van der Waals surface area contributed by atoms with Crippen LogP contribution in [-0.2, 0) is 0 Å². The summed E-state index contributed by atoms with van der Waals surface area (Å²) < 4.78 is 1.84. The van der Waals surface area contributed by atoms with Crippen LogP contribution in [0.15, 0.2) is 33.7 Å². The van der Waals surface area contributed by atoms with Gasteiger partial charge >= 0.3 is 5.69 Å². The first-order chi connectivity index (χ1) is 10.8. The average Bonchev–Trinajstić information content (AvgIpc) is 2.75. The number of benzene rings is 1. The van der Waals surface area contributed by atoms with E-state index in [0.29, 0.717) is 22.8 Å². The molecule has 0 fully saturated rings. The highest BCUT2D eigenvalue weighted by molar-refractivity contribution is 9.15. The van der Waals surface area contributed by atoms with E-state index in [0.717, 1.165) is 6.20 Å². The van der Waals surface area contributed by atoms with Gasteiger partial charge in [0.2, 0.25) is 0 Å². The Morgan fingerprint density at radius 1 is 0.783 bits per heavy atom. The summed E-state index contributed by atoms with van der Waals surface area (Å²) in [5.74, 6) is -1.35. The number of carbonyl (C=O) groups is 2. The molecule has 0 aliphatic carbocycles. The summed E-state index contributed by atoms with van der Waals surface area (Å²) in [7, 11) is 0. The molecule has 0 spiro atoms. The summed E-state index contributed by atoms with van der Waals surface area (Å²) in [5.41, 5.74) is -1.61. The quantitative estimate of drug-likeness (QED) is 0.312. The lowest BCUT2D eigenvalue weighted by Crippen LogP contribution is -2.36. The van der Waals surface area contributed by atoms with E-state index >= 15 is 0 Å². The van der Waals surface area contributed by atoms with Gasteiger partial charge in [-0.25, -0.2) is 9.69 Å². The SMILES string of the molecule is O=C1c2c(Br)c(Br)c(Br)c(Br)c2C(=O)N1c1c[nH]c(=O)[nH]c1=O. The largest absolute Gasteiger partial charge is 0.325 e. The number of H-pyrrole nitrogens is 2. The van der Waals surface area contributed by atoms with Gasteiger partial charge in [0.15, 0.2) is 0 Å². The first-order valence-electron chi connectivity index (χ1n) is 5.82. The predicted octanol–water partition coefficient (Wildman–Crippen LogP) is 2.91. The molecule has 1 aromatic carbocycles. The second kappa shape index (κ2) is 5.80. The van der Waals surface area contributed by atoms with E-state index in [9.17, 15) is 19.2 Å². The molecule has 2 aromatic rings. The Labute approximate surface area is 161 Å². The molecule has 3 rings (SSSR count). The topological polar surface area (TPSA) is 103 Å². The molecule has 1 aliphatic rings. The van der Waals surface area contributed by atoms with E-state index in [4.69, 9.17) is 0 Å². The zero-order chi connectivity index (χ0) is 17.0.